The number of halogens is 1. The number of H-pyrrole nitrogens is 1. The van der Waals surface area contributed by atoms with E-state index in [0.29, 0.717) is 10.2 Å². The molecular weight excluding hydrogens is 344 g/mol. The average Bonchev–Trinajstić information content (AvgIpc) is 2.82. The van der Waals surface area contributed by atoms with Crippen LogP contribution in [0.2, 0.25) is 0 Å². The first kappa shape index (κ1) is 12.8. The summed E-state index contributed by atoms with van der Waals surface area (Å²) in [7, 11) is 0. The molecule has 0 aliphatic heterocycles. The highest BCUT2D eigenvalue weighted by molar-refractivity contribution is 9.10. The standard InChI is InChI=1S/C13H9BrN2OS2/c1-7-9(14)3-2-4-10(7)16-12(17)8-5-6-19-11(8)15-13(16)18/h2-6H,1H3,(H,15,18). The van der Waals surface area contributed by atoms with Crippen molar-refractivity contribution in [1.82, 2.24) is 9.55 Å². The van der Waals surface area contributed by atoms with Gasteiger partial charge < -0.3 is 4.98 Å². The summed E-state index contributed by atoms with van der Waals surface area (Å²) in [6.07, 6.45) is 0. The highest BCUT2D eigenvalue weighted by Crippen LogP contribution is 2.23. The Kier molecular flexibility index (Phi) is 3.16. The number of aromatic amines is 1. The minimum atomic E-state index is -0.0822. The number of benzene rings is 1. The normalized spacial score (nSPS) is 11.1. The minimum Gasteiger partial charge on any atom is -0.323 e. The Hall–Kier alpha value is -1.24. The van der Waals surface area contributed by atoms with Crippen LogP contribution in [0.4, 0.5) is 0 Å². The summed E-state index contributed by atoms with van der Waals surface area (Å²) in [5, 5.41) is 2.55. The molecule has 1 N–H and O–H groups in total. The van der Waals surface area contributed by atoms with E-state index in [9.17, 15) is 4.79 Å². The van der Waals surface area contributed by atoms with Crippen molar-refractivity contribution in [1.29, 1.82) is 0 Å². The van der Waals surface area contributed by atoms with Gasteiger partial charge in [0.1, 0.15) is 4.83 Å². The predicted octanol–water partition coefficient (Wildman–Crippen LogP) is 4.18. The molecular formula is C13H9BrN2OS2. The molecule has 1 aromatic carbocycles. The summed E-state index contributed by atoms with van der Waals surface area (Å²) in [5.74, 6) is 0. The van der Waals surface area contributed by atoms with E-state index in [0.717, 1.165) is 20.6 Å². The van der Waals surface area contributed by atoms with Crippen LogP contribution in [0, 0.1) is 11.7 Å². The first-order valence-electron chi connectivity index (χ1n) is 5.57. The molecule has 3 nitrogen and oxygen atoms in total. The van der Waals surface area contributed by atoms with Crippen LogP contribution in [0.25, 0.3) is 15.9 Å². The number of nitrogens with zero attached hydrogens (tertiary/aromatic N) is 1. The molecule has 0 aliphatic rings. The zero-order chi connectivity index (χ0) is 13.6. The molecule has 2 aromatic heterocycles. The van der Waals surface area contributed by atoms with Crippen LogP contribution in [0.15, 0.2) is 38.9 Å². The number of thiophene rings is 1. The summed E-state index contributed by atoms with van der Waals surface area (Å²) in [6.45, 7) is 1.96. The molecule has 0 atom stereocenters. The molecule has 6 heteroatoms. The third-order valence-electron chi connectivity index (χ3n) is 3.00. The van der Waals surface area contributed by atoms with E-state index in [2.05, 4.69) is 20.9 Å². The van der Waals surface area contributed by atoms with Gasteiger partial charge in [0, 0.05) is 4.47 Å². The van der Waals surface area contributed by atoms with Crippen molar-refractivity contribution >= 4 is 49.7 Å². The minimum absolute atomic E-state index is 0.0822. The van der Waals surface area contributed by atoms with Crippen LogP contribution in [0.5, 0.6) is 0 Å². The number of aromatic nitrogens is 2. The summed E-state index contributed by atoms with van der Waals surface area (Å²) in [4.78, 5) is 16.5. The molecule has 3 rings (SSSR count). The second-order valence-corrected chi connectivity index (χ2v) is 6.28. The first-order chi connectivity index (χ1) is 9.09. The third kappa shape index (κ3) is 2.00. The second kappa shape index (κ2) is 4.70. The Bertz CT molecular complexity index is 892. The van der Waals surface area contributed by atoms with Crippen molar-refractivity contribution in [2.24, 2.45) is 0 Å². The van der Waals surface area contributed by atoms with Crippen molar-refractivity contribution in [2.45, 2.75) is 6.92 Å². The smallest absolute Gasteiger partial charge is 0.267 e. The molecule has 0 saturated carbocycles. The fraction of sp³-hybridized carbons (Fsp3) is 0.0769. The fourth-order valence-corrected chi connectivity index (χ4v) is 3.48. The molecule has 0 aliphatic carbocycles. The number of hydrogen-bond acceptors (Lipinski definition) is 3. The Morgan fingerprint density at radius 2 is 2.16 bits per heavy atom. The van der Waals surface area contributed by atoms with E-state index in [1.54, 1.807) is 4.57 Å². The Labute approximate surface area is 126 Å². The van der Waals surface area contributed by atoms with Crippen LogP contribution in [-0.2, 0) is 0 Å². The van der Waals surface area contributed by atoms with Gasteiger partial charge in [-0.2, -0.15) is 0 Å². The lowest BCUT2D eigenvalue weighted by molar-refractivity contribution is 0.932. The quantitative estimate of drug-likeness (QED) is 0.667. The summed E-state index contributed by atoms with van der Waals surface area (Å²) < 4.78 is 2.92. The van der Waals surface area contributed by atoms with Crippen LogP contribution in [0.3, 0.4) is 0 Å². The lowest BCUT2D eigenvalue weighted by Crippen LogP contribution is -2.20. The van der Waals surface area contributed by atoms with Crippen LogP contribution in [0.1, 0.15) is 5.56 Å². The number of fused-ring (bicyclic) bond motifs is 1. The zero-order valence-corrected chi connectivity index (χ0v) is 13.2. The van der Waals surface area contributed by atoms with Crippen LogP contribution >= 0.6 is 39.5 Å². The SMILES string of the molecule is Cc1c(Br)cccc1-n1c(=S)[nH]c2sccc2c1=O. The molecule has 19 heavy (non-hydrogen) atoms. The van der Waals surface area contributed by atoms with Crippen molar-refractivity contribution in [3.63, 3.8) is 0 Å². The molecule has 0 fully saturated rings. The van der Waals surface area contributed by atoms with E-state index in [4.69, 9.17) is 12.2 Å². The van der Waals surface area contributed by atoms with Gasteiger partial charge in [-0.3, -0.25) is 9.36 Å². The molecule has 0 unspecified atom stereocenters. The lowest BCUT2D eigenvalue weighted by Gasteiger charge is -2.10. The fourth-order valence-electron chi connectivity index (χ4n) is 2.00. The maximum Gasteiger partial charge on any atom is 0.267 e. The van der Waals surface area contributed by atoms with E-state index in [1.807, 2.05) is 36.6 Å². The Morgan fingerprint density at radius 3 is 2.95 bits per heavy atom. The van der Waals surface area contributed by atoms with Crippen molar-refractivity contribution in [3.05, 3.63) is 54.8 Å². The van der Waals surface area contributed by atoms with Gasteiger partial charge in [-0.1, -0.05) is 22.0 Å². The summed E-state index contributed by atoms with van der Waals surface area (Å²) in [5.41, 5.74) is 1.70. The van der Waals surface area contributed by atoms with E-state index >= 15 is 0 Å². The van der Waals surface area contributed by atoms with E-state index in [1.165, 1.54) is 11.3 Å². The molecule has 96 valence electrons. The number of rotatable bonds is 1. The lowest BCUT2D eigenvalue weighted by atomic mass is 10.2. The van der Waals surface area contributed by atoms with Crippen LogP contribution < -0.4 is 5.56 Å². The van der Waals surface area contributed by atoms with Gasteiger partial charge in [0.2, 0.25) is 0 Å². The highest BCUT2D eigenvalue weighted by atomic mass is 79.9. The van der Waals surface area contributed by atoms with Gasteiger partial charge in [-0.15, -0.1) is 11.3 Å². The maximum absolute atomic E-state index is 12.5. The summed E-state index contributed by atoms with van der Waals surface area (Å²) >= 11 is 10.3. The molecule has 0 bridgehead atoms. The van der Waals surface area contributed by atoms with Gasteiger partial charge in [-0.05, 0) is 48.3 Å². The van der Waals surface area contributed by atoms with Crippen molar-refractivity contribution < 1.29 is 0 Å². The first-order valence-corrected chi connectivity index (χ1v) is 7.65. The molecule has 0 radical (unpaired) electrons. The molecule has 0 spiro atoms. The number of nitrogens with one attached hydrogen (secondary N) is 1. The monoisotopic (exact) mass is 352 g/mol. The third-order valence-corrected chi connectivity index (χ3v) is 4.98. The van der Waals surface area contributed by atoms with Crippen molar-refractivity contribution in [2.75, 3.05) is 0 Å². The average molecular weight is 353 g/mol. The van der Waals surface area contributed by atoms with Gasteiger partial charge in [-0.25, -0.2) is 0 Å². The van der Waals surface area contributed by atoms with Gasteiger partial charge >= 0.3 is 0 Å². The van der Waals surface area contributed by atoms with Crippen molar-refractivity contribution in [3.8, 4) is 5.69 Å². The van der Waals surface area contributed by atoms with E-state index in [-0.39, 0.29) is 5.56 Å². The molecule has 0 saturated heterocycles. The topological polar surface area (TPSA) is 37.8 Å². The second-order valence-electron chi connectivity index (χ2n) is 4.12. The van der Waals surface area contributed by atoms with Gasteiger partial charge in [0.15, 0.2) is 4.77 Å². The predicted molar refractivity (Wildman–Crippen MR) is 85.0 cm³/mol. The maximum atomic E-state index is 12.5. The Balaban J connectivity index is 2.46. The highest BCUT2D eigenvalue weighted by Gasteiger charge is 2.11. The summed E-state index contributed by atoms with van der Waals surface area (Å²) in [6, 6.07) is 7.55. The Morgan fingerprint density at radius 1 is 1.37 bits per heavy atom. The van der Waals surface area contributed by atoms with E-state index < -0.39 is 0 Å². The zero-order valence-electron chi connectivity index (χ0n) is 9.94. The molecule has 2 heterocycles. The largest absolute Gasteiger partial charge is 0.323 e. The van der Waals surface area contributed by atoms with Crippen LogP contribution in [-0.4, -0.2) is 9.55 Å². The number of hydrogen-bond donors (Lipinski definition) is 1. The van der Waals surface area contributed by atoms with Gasteiger partial charge in [0.25, 0.3) is 5.56 Å². The molecule has 3 aromatic rings. The molecule has 0 amide bonds. The van der Waals surface area contributed by atoms with Gasteiger partial charge in [0.05, 0.1) is 11.1 Å².